The summed E-state index contributed by atoms with van der Waals surface area (Å²) in [6, 6.07) is 12.3. The summed E-state index contributed by atoms with van der Waals surface area (Å²) in [7, 11) is 0. The van der Waals surface area contributed by atoms with Gasteiger partial charge in [0.15, 0.2) is 0 Å². The van der Waals surface area contributed by atoms with Gasteiger partial charge in [-0.3, -0.25) is 4.21 Å². The van der Waals surface area contributed by atoms with E-state index in [9.17, 15) is 8.76 Å². The van der Waals surface area contributed by atoms with Crippen LogP contribution in [-0.2, 0) is 11.1 Å². The van der Waals surface area contributed by atoms with Crippen LogP contribution in [0.2, 0.25) is 0 Å². The zero-order chi connectivity index (χ0) is 18.6. The third-order valence-electron chi connectivity index (χ3n) is 4.43. The standard InChI is InChI=1S/C19H20N4O3S.CH4/c24-27(25)17-3-1-2-14(10-17)22-19-21-12-13-4-5-16(11-18(13)23-19)26-15-6-8-20-9-7-15;/h1-5,10-12,15,20H,6-9H2,(H,24,25)(H,21,22,23);1H4/p-1. The average Bonchev–Trinajstić information content (AvgIpc) is 2.69. The third kappa shape index (κ3) is 4.83. The molecule has 1 aliphatic heterocycles. The van der Waals surface area contributed by atoms with E-state index in [1.807, 2.05) is 18.2 Å². The predicted octanol–water partition coefficient (Wildman–Crippen LogP) is 3.38. The summed E-state index contributed by atoms with van der Waals surface area (Å²) in [5, 5.41) is 7.28. The monoisotopic (exact) mass is 399 g/mol. The van der Waals surface area contributed by atoms with Crippen LogP contribution >= 0.6 is 0 Å². The van der Waals surface area contributed by atoms with Gasteiger partial charge in [0.1, 0.15) is 11.9 Å². The van der Waals surface area contributed by atoms with E-state index in [-0.39, 0.29) is 18.4 Å². The van der Waals surface area contributed by atoms with E-state index in [1.165, 1.54) is 12.1 Å². The van der Waals surface area contributed by atoms with Gasteiger partial charge in [0.2, 0.25) is 5.95 Å². The second kappa shape index (κ2) is 9.09. The maximum atomic E-state index is 11.1. The molecule has 0 amide bonds. The smallest absolute Gasteiger partial charge is 0.227 e. The Labute approximate surface area is 166 Å². The fraction of sp³-hybridized carbons (Fsp3) is 0.300. The normalized spacial score (nSPS) is 15.6. The van der Waals surface area contributed by atoms with Crippen molar-refractivity contribution in [1.29, 1.82) is 0 Å². The summed E-state index contributed by atoms with van der Waals surface area (Å²) in [5.74, 6) is 1.19. The zero-order valence-electron chi connectivity index (χ0n) is 14.6. The Morgan fingerprint density at radius 2 is 2.00 bits per heavy atom. The molecule has 0 bridgehead atoms. The molecule has 1 aromatic heterocycles. The van der Waals surface area contributed by atoms with Crippen molar-refractivity contribution >= 4 is 33.6 Å². The van der Waals surface area contributed by atoms with Gasteiger partial charge in [-0.15, -0.1) is 0 Å². The van der Waals surface area contributed by atoms with E-state index < -0.39 is 11.1 Å². The highest BCUT2D eigenvalue weighted by atomic mass is 32.2. The first-order valence-corrected chi connectivity index (χ1v) is 9.85. The van der Waals surface area contributed by atoms with E-state index >= 15 is 0 Å². The molecule has 7 nitrogen and oxygen atoms in total. The van der Waals surface area contributed by atoms with Crippen LogP contribution in [0.5, 0.6) is 5.75 Å². The van der Waals surface area contributed by atoms with Crippen molar-refractivity contribution in [3.05, 3.63) is 48.7 Å². The van der Waals surface area contributed by atoms with Crippen LogP contribution in [0.4, 0.5) is 11.6 Å². The first kappa shape index (κ1) is 20.2. The van der Waals surface area contributed by atoms with Gasteiger partial charge in [0.05, 0.1) is 5.52 Å². The third-order valence-corrected chi connectivity index (χ3v) is 5.06. The van der Waals surface area contributed by atoms with Crippen molar-refractivity contribution in [3.63, 3.8) is 0 Å². The van der Waals surface area contributed by atoms with Crippen LogP contribution in [-0.4, -0.2) is 37.9 Å². The quantitative estimate of drug-likeness (QED) is 0.635. The van der Waals surface area contributed by atoms with Crippen LogP contribution in [0.25, 0.3) is 10.9 Å². The number of rotatable bonds is 5. The number of anilines is 2. The molecule has 28 heavy (non-hydrogen) atoms. The first-order valence-electron chi connectivity index (χ1n) is 8.78. The molecule has 4 rings (SSSR count). The molecule has 0 aliphatic carbocycles. The molecule has 8 heteroatoms. The number of aromatic nitrogens is 2. The Morgan fingerprint density at radius 3 is 2.79 bits per heavy atom. The van der Waals surface area contributed by atoms with Gasteiger partial charge in [-0.2, -0.15) is 0 Å². The van der Waals surface area contributed by atoms with Crippen LogP contribution in [0.3, 0.4) is 0 Å². The van der Waals surface area contributed by atoms with Crippen molar-refractivity contribution in [3.8, 4) is 5.75 Å². The summed E-state index contributed by atoms with van der Waals surface area (Å²) in [6.07, 6.45) is 3.94. The van der Waals surface area contributed by atoms with E-state index in [1.54, 1.807) is 18.3 Å². The first-order chi connectivity index (χ1) is 13.2. The molecular weight excluding hydrogens is 376 g/mol. The largest absolute Gasteiger partial charge is 0.768 e. The molecule has 148 valence electrons. The number of benzene rings is 2. The maximum absolute atomic E-state index is 11.1. The zero-order valence-corrected chi connectivity index (χ0v) is 15.4. The molecule has 1 unspecified atom stereocenters. The lowest BCUT2D eigenvalue weighted by molar-refractivity contribution is 0.162. The summed E-state index contributed by atoms with van der Waals surface area (Å²) >= 11 is -2.28. The van der Waals surface area contributed by atoms with Crippen molar-refractivity contribution in [2.75, 3.05) is 18.4 Å². The number of ether oxygens (including phenoxy) is 1. The number of nitrogens with zero attached hydrogens (tertiary/aromatic N) is 2. The molecular formula is C20H23N4O3S-. The second-order valence-electron chi connectivity index (χ2n) is 6.37. The fourth-order valence-corrected chi connectivity index (χ4v) is 3.46. The summed E-state index contributed by atoms with van der Waals surface area (Å²) in [4.78, 5) is 9.03. The number of hydrogen-bond donors (Lipinski definition) is 2. The highest BCUT2D eigenvalue weighted by Gasteiger charge is 2.14. The van der Waals surface area contributed by atoms with Crippen LogP contribution in [0.15, 0.2) is 53.6 Å². The summed E-state index contributed by atoms with van der Waals surface area (Å²) < 4.78 is 28.3. The number of hydrogen-bond acceptors (Lipinski definition) is 7. The van der Waals surface area contributed by atoms with E-state index in [4.69, 9.17) is 4.74 Å². The number of nitrogens with one attached hydrogen (secondary N) is 2. The molecule has 1 atom stereocenters. The highest BCUT2D eigenvalue weighted by molar-refractivity contribution is 7.79. The van der Waals surface area contributed by atoms with Crippen molar-refractivity contribution < 1.29 is 13.5 Å². The molecule has 2 aromatic carbocycles. The van der Waals surface area contributed by atoms with Gasteiger partial charge in [-0.1, -0.05) is 13.5 Å². The average molecular weight is 399 g/mol. The minimum absolute atomic E-state index is 0. The Morgan fingerprint density at radius 1 is 1.18 bits per heavy atom. The van der Waals surface area contributed by atoms with Crippen molar-refractivity contribution in [2.45, 2.75) is 31.3 Å². The molecule has 1 aliphatic rings. The molecule has 1 fully saturated rings. The van der Waals surface area contributed by atoms with Crippen LogP contribution in [0.1, 0.15) is 20.3 Å². The maximum Gasteiger partial charge on any atom is 0.227 e. The SMILES string of the molecule is C.O=S([O-])c1cccc(Nc2ncc3ccc(OC4CCNCC4)cc3n2)c1. The summed E-state index contributed by atoms with van der Waals surface area (Å²) in [5.41, 5.74) is 1.38. The lowest BCUT2D eigenvalue weighted by Gasteiger charge is -2.23. The van der Waals surface area contributed by atoms with Gasteiger partial charge in [-0.25, -0.2) is 9.97 Å². The lowest BCUT2D eigenvalue weighted by atomic mass is 10.1. The number of piperidine rings is 1. The molecule has 0 spiro atoms. The Balaban J connectivity index is 0.00000225. The van der Waals surface area contributed by atoms with Gasteiger partial charge in [0, 0.05) is 28.2 Å². The van der Waals surface area contributed by atoms with Gasteiger partial charge in [-0.05, 0) is 67.3 Å². The predicted molar refractivity (Wildman–Crippen MR) is 110 cm³/mol. The van der Waals surface area contributed by atoms with Crippen LogP contribution < -0.4 is 15.4 Å². The molecule has 0 saturated carbocycles. The van der Waals surface area contributed by atoms with E-state index in [0.29, 0.717) is 11.6 Å². The lowest BCUT2D eigenvalue weighted by Crippen LogP contribution is -2.34. The topological polar surface area (TPSA) is 99.2 Å². The van der Waals surface area contributed by atoms with E-state index in [0.717, 1.165) is 42.6 Å². The fourth-order valence-electron chi connectivity index (χ4n) is 3.05. The molecule has 2 N–H and O–H groups in total. The molecule has 3 aromatic rings. The Hall–Kier alpha value is -2.55. The minimum atomic E-state index is -2.28. The van der Waals surface area contributed by atoms with Crippen molar-refractivity contribution in [1.82, 2.24) is 15.3 Å². The van der Waals surface area contributed by atoms with Crippen LogP contribution in [0, 0.1) is 0 Å². The second-order valence-corrected chi connectivity index (χ2v) is 7.31. The molecule has 1 saturated heterocycles. The minimum Gasteiger partial charge on any atom is -0.768 e. The Bertz CT molecular complexity index is 977. The summed E-state index contributed by atoms with van der Waals surface area (Å²) in [6.45, 7) is 1.95. The molecule has 2 heterocycles. The number of fused-ring (bicyclic) bond motifs is 1. The van der Waals surface area contributed by atoms with Crippen molar-refractivity contribution in [2.24, 2.45) is 0 Å². The van der Waals surface area contributed by atoms with Gasteiger partial charge in [0.25, 0.3) is 0 Å². The Kier molecular flexibility index (Phi) is 6.56. The van der Waals surface area contributed by atoms with Gasteiger partial charge < -0.3 is 19.9 Å². The van der Waals surface area contributed by atoms with Gasteiger partial charge >= 0.3 is 0 Å². The highest BCUT2D eigenvalue weighted by Crippen LogP contribution is 2.24. The molecule has 0 radical (unpaired) electrons. The van der Waals surface area contributed by atoms with E-state index in [2.05, 4.69) is 20.6 Å².